The Labute approximate surface area is 142 Å². The first-order chi connectivity index (χ1) is 10.6. The molecule has 118 valence electrons. The third kappa shape index (κ3) is 2.20. The molecule has 4 rings (SSSR count). The largest absolute Gasteiger partial charge is 0.342 e. The van der Waals surface area contributed by atoms with Crippen LogP contribution in [0.3, 0.4) is 0 Å². The molecular weight excluding hydrogens is 396 g/mol. The van der Waals surface area contributed by atoms with E-state index in [-0.39, 0.29) is 11.5 Å². The molecule has 0 bridgehead atoms. The second-order valence-electron chi connectivity index (χ2n) is 6.52. The van der Waals surface area contributed by atoms with Gasteiger partial charge in [-0.25, -0.2) is 14.4 Å². The summed E-state index contributed by atoms with van der Waals surface area (Å²) in [6.07, 6.45) is 7.92. The summed E-state index contributed by atoms with van der Waals surface area (Å²) >= 11 is 2.25. The number of nitrogens with two attached hydrogens (primary N) is 1. The molecule has 5 nitrogen and oxygen atoms in total. The Bertz CT molecular complexity index is 694. The molecule has 0 radical (unpaired) electrons. The molecule has 1 saturated carbocycles. The van der Waals surface area contributed by atoms with Crippen molar-refractivity contribution in [1.29, 1.82) is 0 Å². The summed E-state index contributed by atoms with van der Waals surface area (Å²) in [5, 5.41) is 0. The van der Waals surface area contributed by atoms with Gasteiger partial charge in [0.25, 0.3) is 0 Å². The summed E-state index contributed by atoms with van der Waals surface area (Å²) in [7, 11) is 0. The highest BCUT2D eigenvalue weighted by Crippen LogP contribution is 2.47. The SMILES string of the molecule is N[C@@H]1C[C@H](F)CC12CCN(c1ncc(I)c3nccn13)CC2. The van der Waals surface area contributed by atoms with Gasteiger partial charge in [-0.15, -0.1) is 0 Å². The maximum atomic E-state index is 13.7. The fraction of sp³-hybridized carbons (Fsp3) is 0.600. The Balaban J connectivity index is 1.59. The van der Waals surface area contributed by atoms with Crippen LogP contribution in [-0.4, -0.2) is 39.7 Å². The van der Waals surface area contributed by atoms with Crippen LogP contribution >= 0.6 is 22.6 Å². The standard InChI is InChI=1S/C15H19FIN5/c16-10-7-12(18)15(8-10)1-4-21(5-2-15)14-20-9-11(17)13-19-3-6-22(13)14/h3,6,9-10,12H,1-2,4-5,7-8,18H2/t10-,12+/m0/s1. The van der Waals surface area contributed by atoms with Crippen LogP contribution in [0.2, 0.25) is 0 Å². The Morgan fingerprint density at radius 3 is 2.77 bits per heavy atom. The normalized spacial score (nSPS) is 27.9. The van der Waals surface area contributed by atoms with Crippen molar-refractivity contribution < 1.29 is 4.39 Å². The first kappa shape index (κ1) is 14.6. The Kier molecular flexibility index (Phi) is 3.52. The number of aromatic nitrogens is 3. The molecule has 7 heteroatoms. The van der Waals surface area contributed by atoms with Gasteiger partial charge in [0.05, 0.1) is 3.57 Å². The van der Waals surface area contributed by atoms with Gasteiger partial charge in [0.1, 0.15) is 6.17 Å². The monoisotopic (exact) mass is 415 g/mol. The van der Waals surface area contributed by atoms with Gasteiger partial charge in [-0.3, -0.25) is 4.40 Å². The smallest absolute Gasteiger partial charge is 0.211 e. The lowest BCUT2D eigenvalue weighted by Gasteiger charge is -2.42. The number of piperidine rings is 1. The van der Waals surface area contributed by atoms with Gasteiger partial charge < -0.3 is 10.6 Å². The molecule has 1 spiro atoms. The van der Waals surface area contributed by atoms with E-state index in [2.05, 4.69) is 37.5 Å². The van der Waals surface area contributed by atoms with Crippen molar-refractivity contribution in [3.05, 3.63) is 22.2 Å². The summed E-state index contributed by atoms with van der Waals surface area (Å²) in [4.78, 5) is 11.2. The average Bonchev–Trinajstić information content (AvgIpc) is 3.08. The minimum atomic E-state index is -0.724. The summed E-state index contributed by atoms with van der Waals surface area (Å²) < 4.78 is 16.8. The molecule has 2 aliphatic rings. The molecule has 0 aromatic carbocycles. The molecule has 1 aliphatic carbocycles. The van der Waals surface area contributed by atoms with E-state index in [4.69, 9.17) is 5.73 Å². The summed E-state index contributed by atoms with van der Waals surface area (Å²) in [5.41, 5.74) is 7.15. The van der Waals surface area contributed by atoms with Crippen LogP contribution in [0.25, 0.3) is 5.65 Å². The van der Waals surface area contributed by atoms with E-state index in [9.17, 15) is 4.39 Å². The molecule has 2 N–H and O–H groups in total. The molecule has 3 heterocycles. The number of hydrogen-bond acceptors (Lipinski definition) is 4. The molecule has 2 fully saturated rings. The molecule has 2 aromatic heterocycles. The molecule has 22 heavy (non-hydrogen) atoms. The van der Waals surface area contributed by atoms with Gasteiger partial charge in [0.2, 0.25) is 5.95 Å². The Morgan fingerprint density at radius 1 is 1.32 bits per heavy atom. The predicted octanol–water partition coefficient (Wildman–Crippen LogP) is 2.38. The molecule has 0 amide bonds. The van der Waals surface area contributed by atoms with Gasteiger partial charge in [-0.05, 0) is 53.7 Å². The average molecular weight is 415 g/mol. The number of nitrogens with zero attached hydrogens (tertiary/aromatic N) is 4. The van der Waals surface area contributed by atoms with Crippen molar-refractivity contribution in [3.8, 4) is 0 Å². The maximum absolute atomic E-state index is 13.7. The minimum Gasteiger partial charge on any atom is -0.342 e. The van der Waals surface area contributed by atoms with Crippen molar-refractivity contribution in [3.63, 3.8) is 0 Å². The van der Waals surface area contributed by atoms with Gasteiger partial charge in [-0.2, -0.15) is 0 Å². The number of halogens is 2. The van der Waals surface area contributed by atoms with Crippen molar-refractivity contribution in [1.82, 2.24) is 14.4 Å². The zero-order chi connectivity index (χ0) is 15.3. The second-order valence-corrected chi connectivity index (χ2v) is 7.68. The number of anilines is 1. The molecule has 2 atom stereocenters. The highest BCUT2D eigenvalue weighted by Gasteiger charge is 2.47. The van der Waals surface area contributed by atoms with Gasteiger partial charge in [-0.1, -0.05) is 0 Å². The van der Waals surface area contributed by atoms with Crippen LogP contribution in [0.4, 0.5) is 10.3 Å². The highest BCUT2D eigenvalue weighted by molar-refractivity contribution is 14.1. The number of fused-ring (bicyclic) bond motifs is 1. The lowest BCUT2D eigenvalue weighted by molar-refractivity contribution is 0.183. The van der Waals surface area contributed by atoms with E-state index >= 15 is 0 Å². The fourth-order valence-electron chi connectivity index (χ4n) is 4.04. The molecule has 2 aromatic rings. The molecule has 1 saturated heterocycles. The molecule has 1 aliphatic heterocycles. The minimum absolute atomic E-state index is 0.00240. The van der Waals surface area contributed by atoms with Crippen molar-refractivity contribution in [2.45, 2.75) is 37.9 Å². The maximum Gasteiger partial charge on any atom is 0.211 e. The first-order valence-electron chi connectivity index (χ1n) is 7.71. The van der Waals surface area contributed by atoms with E-state index in [1.807, 2.05) is 16.8 Å². The van der Waals surface area contributed by atoms with Crippen LogP contribution in [-0.2, 0) is 0 Å². The zero-order valence-corrected chi connectivity index (χ0v) is 14.4. The lowest BCUT2D eigenvalue weighted by Crippen LogP contribution is -2.47. The topological polar surface area (TPSA) is 59.5 Å². The third-order valence-electron chi connectivity index (χ3n) is 5.33. The zero-order valence-electron chi connectivity index (χ0n) is 12.3. The van der Waals surface area contributed by atoms with E-state index in [0.717, 1.165) is 41.1 Å². The van der Waals surface area contributed by atoms with E-state index < -0.39 is 6.17 Å². The van der Waals surface area contributed by atoms with E-state index in [1.165, 1.54) is 0 Å². The number of hydrogen-bond donors (Lipinski definition) is 1. The van der Waals surface area contributed by atoms with Crippen molar-refractivity contribution in [2.24, 2.45) is 11.1 Å². The summed E-state index contributed by atoms with van der Waals surface area (Å²) in [5.74, 6) is 0.922. The molecule has 0 unspecified atom stereocenters. The first-order valence-corrected chi connectivity index (χ1v) is 8.79. The van der Waals surface area contributed by atoms with Crippen LogP contribution in [0.5, 0.6) is 0 Å². The van der Waals surface area contributed by atoms with Crippen molar-refractivity contribution in [2.75, 3.05) is 18.0 Å². The van der Waals surface area contributed by atoms with E-state index in [1.54, 1.807) is 6.20 Å². The van der Waals surface area contributed by atoms with Gasteiger partial charge in [0.15, 0.2) is 5.65 Å². The third-order valence-corrected chi connectivity index (χ3v) is 6.09. The van der Waals surface area contributed by atoms with E-state index in [0.29, 0.717) is 12.8 Å². The van der Waals surface area contributed by atoms with Crippen LogP contribution in [0, 0.1) is 8.99 Å². The van der Waals surface area contributed by atoms with Crippen molar-refractivity contribution >= 4 is 34.2 Å². The Hall–Kier alpha value is -0.960. The van der Waals surface area contributed by atoms with Crippen LogP contribution in [0.1, 0.15) is 25.7 Å². The second kappa shape index (κ2) is 5.30. The van der Waals surface area contributed by atoms with Crippen LogP contribution in [0.15, 0.2) is 18.6 Å². The van der Waals surface area contributed by atoms with Gasteiger partial charge in [0, 0.05) is 37.7 Å². The molecular formula is C15H19FIN5. The van der Waals surface area contributed by atoms with Gasteiger partial charge >= 0.3 is 0 Å². The Morgan fingerprint density at radius 2 is 2.09 bits per heavy atom. The lowest BCUT2D eigenvalue weighted by atomic mass is 9.74. The quantitative estimate of drug-likeness (QED) is 0.727. The summed E-state index contributed by atoms with van der Waals surface area (Å²) in [6, 6.07) is 0.00240. The van der Waals surface area contributed by atoms with Crippen LogP contribution < -0.4 is 10.6 Å². The fourth-order valence-corrected chi connectivity index (χ4v) is 4.58. The predicted molar refractivity (Wildman–Crippen MR) is 91.7 cm³/mol. The number of rotatable bonds is 1. The summed E-state index contributed by atoms with van der Waals surface area (Å²) in [6.45, 7) is 1.75. The number of imidazole rings is 1. The highest BCUT2D eigenvalue weighted by atomic mass is 127. The number of alkyl halides is 1.